The van der Waals surface area contributed by atoms with Crippen molar-refractivity contribution in [2.75, 3.05) is 11.9 Å². The number of nitrogens with one attached hydrogen (secondary N) is 1. The number of hydrogen-bond acceptors (Lipinski definition) is 3. The molecule has 0 saturated carbocycles. The number of hydrogen-bond donors (Lipinski definition) is 1. The van der Waals surface area contributed by atoms with Crippen molar-refractivity contribution >= 4 is 33.5 Å². The molecule has 0 aromatic heterocycles. The zero-order chi connectivity index (χ0) is 14.3. The first-order valence-corrected chi connectivity index (χ1v) is 6.68. The highest BCUT2D eigenvalue weighted by molar-refractivity contribution is 9.10. The molecule has 0 bridgehead atoms. The van der Waals surface area contributed by atoms with E-state index in [-0.39, 0.29) is 11.8 Å². The Morgan fingerprint density at radius 3 is 2.63 bits per heavy atom. The summed E-state index contributed by atoms with van der Waals surface area (Å²) in [5, 5.41) is 2.65. The summed E-state index contributed by atoms with van der Waals surface area (Å²) in [5.41, 5.74) is 0.646. The summed E-state index contributed by atoms with van der Waals surface area (Å²) in [7, 11) is 0. The van der Waals surface area contributed by atoms with Crippen LogP contribution in [0.3, 0.4) is 0 Å². The van der Waals surface area contributed by atoms with Gasteiger partial charge in [0.15, 0.2) is 0 Å². The average molecular weight is 326 g/mol. The molecule has 0 saturated heterocycles. The lowest BCUT2D eigenvalue weighted by Gasteiger charge is -2.05. The first-order chi connectivity index (χ1) is 8.99. The van der Waals surface area contributed by atoms with E-state index in [0.717, 1.165) is 16.6 Å². The second-order valence-electron chi connectivity index (χ2n) is 4.33. The first-order valence-electron chi connectivity index (χ1n) is 5.89. The minimum absolute atomic E-state index is 0.270. The number of carbonyl (C=O) groups is 2. The van der Waals surface area contributed by atoms with Crippen LogP contribution in [0, 0.1) is 5.92 Å². The Kier molecular flexibility index (Phi) is 6.29. The predicted molar refractivity (Wildman–Crippen MR) is 77.7 cm³/mol. The molecule has 0 fully saturated rings. The van der Waals surface area contributed by atoms with Gasteiger partial charge in [0.25, 0.3) is 0 Å². The number of benzene rings is 1. The maximum Gasteiger partial charge on any atom is 0.330 e. The Hall–Kier alpha value is -1.62. The van der Waals surface area contributed by atoms with E-state index in [1.54, 1.807) is 12.1 Å². The minimum atomic E-state index is -0.518. The van der Waals surface area contributed by atoms with E-state index in [1.165, 1.54) is 0 Å². The van der Waals surface area contributed by atoms with Crippen LogP contribution in [0.15, 0.2) is 40.9 Å². The zero-order valence-corrected chi connectivity index (χ0v) is 12.4. The number of carbonyl (C=O) groups excluding carboxylic acids is 2. The standard InChI is InChI=1S/C14H16BrNO3/c1-10(2)9-19-14(18)8-7-13(17)16-12-6-4-3-5-11(12)15/h3-8,10H,9H2,1-2H3,(H,16,17)/b8-7+. The van der Waals surface area contributed by atoms with Gasteiger partial charge in [-0.3, -0.25) is 4.79 Å². The summed E-state index contributed by atoms with van der Waals surface area (Å²) in [6.45, 7) is 4.22. The lowest BCUT2D eigenvalue weighted by Crippen LogP contribution is -2.11. The van der Waals surface area contributed by atoms with E-state index in [2.05, 4.69) is 21.2 Å². The maximum absolute atomic E-state index is 11.6. The fraction of sp³-hybridized carbons (Fsp3) is 0.286. The molecular weight excluding hydrogens is 310 g/mol. The van der Waals surface area contributed by atoms with E-state index >= 15 is 0 Å². The van der Waals surface area contributed by atoms with Gasteiger partial charge in [0.1, 0.15) is 0 Å². The molecule has 0 aliphatic heterocycles. The molecule has 0 spiro atoms. The second-order valence-corrected chi connectivity index (χ2v) is 5.18. The molecule has 0 aliphatic carbocycles. The van der Waals surface area contributed by atoms with Crippen LogP contribution in [0.4, 0.5) is 5.69 Å². The molecule has 0 unspecified atom stereocenters. The fourth-order valence-electron chi connectivity index (χ4n) is 1.18. The smallest absolute Gasteiger partial charge is 0.330 e. The predicted octanol–water partition coefficient (Wildman–Crippen LogP) is 3.14. The summed E-state index contributed by atoms with van der Waals surface area (Å²) in [5.74, 6) is -0.629. The molecular formula is C14H16BrNO3. The Balaban J connectivity index is 2.47. The van der Waals surface area contributed by atoms with Crippen LogP contribution in [0.5, 0.6) is 0 Å². The Labute approximate surface area is 121 Å². The van der Waals surface area contributed by atoms with Gasteiger partial charge in [0.05, 0.1) is 12.3 Å². The van der Waals surface area contributed by atoms with Gasteiger partial charge in [-0.15, -0.1) is 0 Å². The topological polar surface area (TPSA) is 55.4 Å². The molecule has 1 aromatic carbocycles. The van der Waals surface area contributed by atoms with E-state index in [1.807, 2.05) is 26.0 Å². The molecule has 1 amide bonds. The molecule has 0 radical (unpaired) electrons. The second kappa shape index (κ2) is 7.74. The minimum Gasteiger partial charge on any atom is -0.462 e. The number of anilines is 1. The van der Waals surface area contributed by atoms with Crippen LogP contribution in [-0.4, -0.2) is 18.5 Å². The molecule has 0 aliphatic rings. The van der Waals surface area contributed by atoms with Crippen LogP contribution < -0.4 is 5.32 Å². The normalized spacial score (nSPS) is 10.7. The van der Waals surface area contributed by atoms with Crippen molar-refractivity contribution in [3.8, 4) is 0 Å². The summed E-state index contributed by atoms with van der Waals surface area (Å²) >= 11 is 3.32. The van der Waals surface area contributed by atoms with Crippen molar-refractivity contribution in [1.82, 2.24) is 0 Å². The number of ether oxygens (including phenoxy) is 1. The van der Waals surface area contributed by atoms with Gasteiger partial charge in [-0.2, -0.15) is 0 Å². The summed E-state index contributed by atoms with van der Waals surface area (Å²) in [6.07, 6.45) is 2.27. The number of amides is 1. The van der Waals surface area contributed by atoms with Crippen LogP contribution in [0.25, 0.3) is 0 Å². The fourth-order valence-corrected chi connectivity index (χ4v) is 1.56. The highest BCUT2D eigenvalue weighted by atomic mass is 79.9. The Morgan fingerprint density at radius 1 is 1.32 bits per heavy atom. The van der Waals surface area contributed by atoms with E-state index < -0.39 is 5.97 Å². The maximum atomic E-state index is 11.6. The van der Waals surface area contributed by atoms with Gasteiger partial charge >= 0.3 is 5.97 Å². The average Bonchev–Trinajstić information content (AvgIpc) is 2.36. The lowest BCUT2D eigenvalue weighted by atomic mass is 10.2. The third-order valence-electron chi connectivity index (χ3n) is 2.06. The lowest BCUT2D eigenvalue weighted by molar-refractivity contribution is -0.138. The third kappa shape index (κ3) is 6.20. The molecule has 0 heterocycles. The number of halogens is 1. The van der Waals surface area contributed by atoms with Gasteiger partial charge in [0, 0.05) is 16.6 Å². The van der Waals surface area contributed by atoms with Crippen molar-refractivity contribution in [2.24, 2.45) is 5.92 Å². The quantitative estimate of drug-likeness (QED) is 0.668. The molecule has 4 nitrogen and oxygen atoms in total. The first kappa shape index (κ1) is 15.4. The van der Waals surface area contributed by atoms with Crippen molar-refractivity contribution < 1.29 is 14.3 Å². The van der Waals surface area contributed by atoms with Gasteiger partial charge in [-0.1, -0.05) is 26.0 Å². The van der Waals surface area contributed by atoms with Crippen molar-refractivity contribution in [3.05, 3.63) is 40.9 Å². The number of esters is 1. The number of rotatable bonds is 5. The summed E-state index contributed by atoms with van der Waals surface area (Å²) in [4.78, 5) is 22.9. The third-order valence-corrected chi connectivity index (χ3v) is 2.75. The molecule has 5 heteroatoms. The highest BCUT2D eigenvalue weighted by Crippen LogP contribution is 2.20. The van der Waals surface area contributed by atoms with Crippen molar-refractivity contribution in [1.29, 1.82) is 0 Å². The monoisotopic (exact) mass is 325 g/mol. The molecule has 1 aromatic rings. The van der Waals surface area contributed by atoms with Crippen molar-refractivity contribution in [3.63, 3.8) is 0 Å². The van der Waals surface area contributed by atoms with Gasteiger partial charge in [-0.05, 0) is 34.0 Å². The van der Waals surface area contributed by atoms with Gasteiger partial charge in [0.2, 0.25) is 5.91 Å². The van der Waals surface area contributed by atoms with Crippen LogP contribution in [-0.2, 0) is 14.3 Å². The largest absolute Gasteiger partial charge is 0.462 e. The van der Waals surface area contributed by atoms with E-state index in [0.29, 0.717) is 12.3 Å². The van der Waals surface area contributed by atoms with Gasteiger partial charge < -0.3 is 10.1 Å². The van der Waals surface area contributed by atoms with Crippen molar-refractivity contribution in [2.45, 2.75) is 13.8 Å². The van der Waals surface area contributed by atoms with Gasteiger partial charge in [-0.25, -0.2) is 4.79 Å². The molecule has 1 N–H and O–H groups in total. The molecule has 102 valence electrons. The van der Waals surface area contributed by atoms with E-state index in [9.17, 15) is 9.59 Å². The van der Waals surface area contributed by atoms with E-state index in [4.69, 9.17) is 4.74 Å². The molecule has 0 atom stereocenters. The molecule has 19 heavy (non-hydrogen) atoms. The zero-order valence-electron chi connectivity index (χ0n) is 10.9. The number of para-hydroxylation sites is 1. The highest BCUT2D eigenvalue weighted by Gasteiger charge is 2.03. The van der Waals surface area contributed by atoms with Crippen LogP contribution in [0.1, 0.15) is 13.8 Å². The Bertz CT molecular complexity index is 483. The summed E-state index contributed by atoms with van der Waals surface area (Å²) < 4.78 is 5.69. The molecule has 1 rings (SSSR count). The van der Waals surface area contributed by atoms with Crippen LogP contribution in [0.2, 0.25) is 0 Å². The summed E-state index contributed by atoms with van der Waals surface area (Å²) in [6, 6.07) is 7.23. The Morgan fingerprint density at radius 2 is 2.00 bits per heavy atom. The SMILES string of the molecule is CC(C)COC(=O)/C=C/C(=O)Nc1ccccc1Br. The van der Waals surface area contributed by atoms with Crippen LogP contribution >= 0.6 is 15.9 Å².